The number of aromatic nitrogens is 1. The Labute approximate surface area is 171 Å². The number of fused-ring (bicyclic) bond motifs is 1. The lowest BCUT2D eigenvalue weighted by atomic mass is 9.75. The highest BCUT2D eigenvalue weighted by atomic mass is 16.6. The first-order valence-corrected chi connectivity index (χ1v) is 10.4. The van der Waals surface area contributed by atoms with Crippen LogP contribution in [0.4, 0.5) is 4.79 Å². The number of aliphatic hydroxyl groups excluding tert-OH is 1. The first kappa shape index (κ1) is 21.6. The molecular formula is C21H33N3O5. The van der Waals surface area contributed by atoms with Crippen molar-refractivity contribution in [3.63, 3.8) is 0 Å². The Morgan fingerprint density at radius 1 is 1.38 bits per heavy atom. The average molecular weight is 408 g/mol. The van der Waals surface area contributed by atoms with Crippen LogP contribution in [0.3, 0.4) is 0 Å². The number of carbonyl (C=O) groups excluding carboxylic acids is 2. The minimum Gasteiger partial charge on any atom is -0.444 e. The summed E-state index contributed by atoms with van der Waals surface area (Å²) in [5.74, 6) is -0.225. The molecule has 1 aliphatic heterocycles. The van der Waals surface area contributed by atoms with Crippen molar-refractivity contribution in [1.82, 2.24) is 15.4 Å². The van der Waals surface area contributed by atoms with E-state index in [0.29, 0.717) is 12.1 Å². The lowest BCUT2D eigenvalue weighted by Crippen LogP contribution is -2.50. The van der Waals surface area contributed by atoms with Crippen LogP contribution in [0, 0.1) is 12.3 Å². The Kier molecular flexibility index (Phi) is 5.94. The van der Waals surface area contributed by atoms with Gasteiger partial charge in [0.2, 0.25) is 5.76 Å². The second kappa shape index (κ2) is 7.97. The van der Waals surface area contributed by atoms with Gasteiger partial charge in [-0.05, 0) is 47.0 Å². The van der Waals surface area contributed by atoms with Gasteiger partial charge in [-0.1, -0.05) is 24.9 Å². The van der Waals surface area contributed by atoms with Gasteiger partial charge in [0.15, 0.2) is 0 Å². The second-order valence-electron chi connectivity index (χ2n) is 9.61. The largest absolute Gasteiger partial charge is 0.444 e. The first-order valence-electron chi connectivity index (χ1n) is 10.4. The monoisotopic (exact) mass is 407 g/mol. The summed E-state index contributed by atoms with van der Waals surface area (Å²) in [6.07, 6.45) is 3.17. The average Bonchev–Trinajstić information content (AvgIpc) is 3.13. The van der Waals surface area contributed by atoms with Crippen LogP contribution in [0.25, 0.3) is 0 Å². The molecule has 2 amide bonds. The summed E-state index contributed by atoms with van der Waals surface area (Å²) in [7, 11) is 0. The molecule has 4 atom stereocenters. The van der Waals surface area contributed by atoms with E-state index in [1.807, 2.05) is 27.7 Å². The van der Waals surface area contributed by atoms with Crippen LogP contribution in [-0.4, -0.2) is 57.5 Å². The zero-order chi connectivity index (χ0) is 21.4. The molecule has 1 aliphatic carbocycles. The Morgan fingerprint density at radius 3 is 2.69 bits per heavy atom. The predicted molar refractivity (Wildman–Crippen MR) is 106 cm³/mol. The number of aliphatic hydroxyl groups is 1. The molecule has 2 aliphatic rings. The number of ether oxygens (including phenoxy) is 1. The maximum absolute atomic E-state index is 13.1. The van der Waals surface area contributed by atoms with E-state index < -0.39 is 23.2 Å². The van der Waals surface area contributed by atoms with Crippen LogP contribution in [0.15, 0.2) is 10.6 Å². The van der Waals surface area contributed by atoms with Gasteiger partial charge in [-0.3, -0.25) is 9.69 Å². The van der Waals surface area contributed by atoms with E-state index in [-0.39, 0.29) is 30.3 Å². The molecule has 162 valence electrons. The van der Waals surface area contributed by atoms with Gasteiger partial charge in [-0.25, -0.2) is 4.79 Å². The molecule has 2 fully saturated rings. The fourth-order valence-corrected chi connectivity index (χ4v) is 4.68. The molecule has 0 radical (unpaired) electrons. The number of likely N-dealkylation sites (tertiary alicyclic amines) is 1. The van der Waals surface area contributed by atoms with Crippen molar-refractivity contribution >= 4 is 12.0 Å². The Morgan fingerprint density at radius 2 is 2.07 bits per heavy atom. The molecule has 0 spiro atoms. The summed E-state index contributed by atoms with van der Waals surface area (Å²) in [5, 5.41) is 17.4. The standard InChI is InChI=1S/C21H33N3O5/c1-13-10-15(29-23-13)18(26)22-12-14-11-21(5)16(8-6-7-9-17(21)25)24(14)19(27)28-20(2,3)4/h10,14,16-17,25H,6-9,11-12H2,1-5H3,(H,22,26)/t14-,16-,17+,21-/m1/s1. The van der Waals surface area contributed by atoms with Crippen LogP contribution < -0.4 is 5.32 Å². The fourth-order valence-electron chi connectivity index (χ4n) is 4.68. The van der Waals surface area contributed by atoms with Crippen molar-refractivity contribution in [1.29, 1.82) is 0 Å². The van der Waals surface area contributed by atoms with Gasteiger partial charge < -0.3 is 19.7 Å². The quantitative estimate of drug-likeness (QED) is 0.798. The van der Waals surface area contributed by atoms with Gasteiger partial charge in [0.05, 0.1) is 17.8 Å². The van der Waals surface area contributed by atoms with Crippen LogP contribution in [0.2, 0.25) is 0 Å². The molecule has 8 nitrogen and oxygen atoms in total. The van der Waals surface area contributed by atoms with Gasteiger partial charge in [0.25, 0.3) is 5.91 Å². The number of hydrogen-bond acceptors (Lipinski definition) is 6. The number of nitrogens with zero attached hydrogens (tertiary/aromatic N) is 2. The summed E-state index contributed by atoms with van der Waals surface area (Å²) in [4.78, 5) is 27.2. The van der Waals surface area contributed by atoms with E-state index in [0.717, 1.165) is 25.7 Å². The van der Waals surface area contributed by atoms with E-state index in [1.165, 1.54) is 0 Å². The zero-order valence-corrected chi connectivity index (χ0v) is 18.0. The normalized spacial score (nSPS) is 29.9. The van der Waals surface area contributed by atoms with Crippen LogP contribution in [0.1, 0.15) is 76.0 Å². The smallest absolute Gasteiger partial charge is 0.410 e. The third-order valence-electron chi connectivity index (χ3n) is 6.09. The SMILES string of the molecule is Cc1cc(C(=O)NC[C@H]2C[C@@]3(C)[C@@H](O)CCCC[C@H]3N2C(=O)OC(C)(C)C)on1. The number of rotatable bonds is 3. The van der Waals surface area contributed by atoms with Gasteiger partial charge in [0, 0.05) is 24.1 Å². The van der Waals surface area contributed by atoms with Crippen LogP contribution in [-0.2, 0) is 4.74 Å². The van der Waals surface area contributed by atoms with E-state index in [2.05, 4.69) is 10.5 Å². The van der Waals surface area contributed by atoms with Gasteiger partial charge in [-0.15, -0.1) is 0 Å². The molecule has 1 aromatic rings. The predicted octanol–water partition coefficient (Wildman–Crippen LogP) is 3.03. The van der Waals surface area contributed by atoms with E-state index in [4.69, 9.17) is 9.26 Å². The van der Waals surface area contributed by atoms with E-state index in [1.54, 1.807) is 17.9 Å². The van der Waals surface area contributed by atoms with Gasteiger partial charge in [0.1, 0.15) is 5.60 Å². The second-order valence-corrected chi connectivity index (χ2v) is 9.61. The number of hydrogen-bond donors (Lipinski definition) is 2. The molecule has 29 heavy (non-hydrogen) atoms. The molecule has 0 aromatic carbocycles. The highest BCUT2D eigenvalue weighted by Crippen LogP contribution is 2.48. The first-order chi connectivity index (χ1) is 13.5. The lowest BCUT2D eigenvalue weighted by molar-refractivity contribution is -0.00902. The van der Waals surface area contributed by atoms with Crippen molar-refractivity contribution in [3.05, 3.63) is 17.5 Å². The van der Waals surface area contributed by atoms with Crippen LogP contribution >= 0.6 is 0 Å². The number of nitrogens with one attached hydrogen (secondary N) is 1. The van der Waals surface area contributed by atoms with Gasteiger partial charge in [-0.2, -0.15) is 0 Å². The Balaban J connectivity index is 1.80. The summed E-state index contributed by atoms with van der Waals surface area (Å²) >= 11 is 0. The highest BCUT2D eigenvalue weighted by Gasteiger charge is 2.55. The maximum Gasteiger partial charge on any atom is 0.410 e. The van der Waals surface area contributed by atoms with Crippen molar-refractivity contribution in [2.75, 3.05) is 6.54 Å². The fraction of sp³-hybridized carbons (Fsp3) is 0.762. The van der Waals surface area contributed by atoms with Crippen molar-refractivity contribution in [2.45, 2.75) is 90.5 Å². The summed E-state index contributed by atoms with van der Waals surface area (Å²) in [6, 6.07) is 1.19. The number of aryl methyl sites for hydroxylation is 1. The molecule has 1 saturated heterocycles. The molecule has 8 heteroatoms. The molecule has 1 saturated carbocycles. The minimum atomic E-state index is -0.620. The Bertz CT molecular complexity index is 756. The van der Waals surface area contributed by atoms with E-state index in [9.17, 15) is 14.7 Å². The minimum absolute atomic E-state index is 0.121. The van der Waals surface area contributed by atoms with E-state index >= 15 is 0 Å². The highest BCUT2D eigenvalue weighted by molar-refractivity contribution is 5.91. The molecule has 0 bridgehead atoms. The molecule has 3 rings (SSSR count). The molecule has 0 unspecified atom stereocenters. The lowest BCUT2D eigenvalue weighted by Gasteiger charge is -2.37. The zero-order valence-electron chi connectivity index (χ0n) is 18.0. The Hall–Kier alpha value is -2.09. The molecule has 1 aromatic heterocycles. The third-order valence-corrected chi connectivity index (χ3v) is 6.09. The van der Waals surface area contributed by atoms with Crippen molar-refractivity contribution in [2.24, 2.45) is 5.41 Å². The number of amides is 2. The maximum atomic E-state index is 13.1. The molecule has 2 N–H and O–H groups in total. The number of carbonyl (C=O) groups is 2. The van der Waals surface area contributed by atoms with Crippen molar-refractivity contribution < 1.29 is 24.0 Å². The molecular weight excluding hydrogens is 374 g/mol. The third kappa shape index (κ3) is 4.57. The summed E-state index contributed by atoms with van der Waals surface area (Å²) in [6.45, 7) is 9.57. The molecule has 2 heterocycles. The van der Waals surface area contributed by atoms with Crippen molar-refractivity contribution in [3.8, 4) is 0 Å². The van der Waals surface area contributed by atoms with Gasteiger partial charge >= 0.3 is 6.09 Å². The summed E-state index contributed by atoms with van der Waals surface area (Å²) in [5.41, 5.74) is -0.416. The van der Waals surface area contributed by atoms with Crippen LogP contribution in [0.5, 0.6) is 0 Å². The topological polar surface area (TPSA) is 105 Å². The summed E-state index contributed by atoms with van der Waals surface area (Å²) < 4.78 is 10.7.